The van der Waals surface area contributed by atoms with Crippen LogP contribution in [0, 0.1) is 0 Å². The van der Waals surface area contributed by atoms with E-state index in [0.717, 1.165) is 6.42 Å². The average molecular weight is 394 g/mol. The highest BCUT2D eigenvalue weighted by atomic mass is 28.4. The molecule has 3 heterocycles. The van der Waals surface area contributed by atoms with Crippen LogP contribution >= 0.6 is 0 Å². The van der Waals surface area contributed by atoms with Crippen LogP contribution in [0.4, 0.5) is 5.82 Å². The quantitative estimate of drug-likeness (QED) is 0.769. The summed E-state index contributed by atoms with van der Waals surface area (Å²) in [6.07, 6.45) is 4.11. The molecule has 27 heavy (non-hydrogen) atoms. The van der Waals surface area contributed by atoms with Crippen molar-refractivity contribution in [1.29, 1.82) is 0 Å². The van der Waals surface area contributed by atoms with E-state index in [2.05, 4.69) is 48.8 Å². The summed E-state index contributed by atoms with van der Waals surface area (Å²) < 4.78 is 14.5. The molecule has 0 radical (unpaired) electrons. The molecule has 1 fully saturated rings. The Hall–Kier alpha value is -1.55. The van der Waals surface area contributed by atoms with Gasteiger partial charge in [0.25, 0.3) is 0 Å². The molecule has 3 atom stereocenters. The topological polar surface area (TPSA) is 108 Å². The van der Waals surface area contributed by atoms with E-state index in [-0.39, 0.29) is 17.4 Å². The van der Waals surface area contributed by atoms with Crippen LogP contribution in [-0.2, 0) is 9.16 Å². The minimum atomic E-state index is -1.86. The molecule has 1 saturated heterocycles. The molecule has 0 aromatic carbocycles. The molecule has 3 rings (SSSR count). The molecule has 0 bridgehead atoms. The molecule has 0 amide bonds. The summed E-state index contributed by atoms with van der Waals surface area (Å²) in [7, 11) is -1.86. The lowest BCUT2D eigenvalue weighted by Crippen LogP contribution is -2.43. The van der Waals surface area contributed by atoms with Gasteiger partial charge in [0.15, 0.2) is 19.8 Å². The van der Waals surface area contributed by atoms with Gasteiger partial charge in [0.1, 0.15) is 18.1 Å². The summed E-state index contributed by atoms with van der Waals surface area (Å²) in [6.45, 7) is 11.7. The number of hydrogen-bond acceptors (Lipinski definition) is 7. The number of nitrogens with zero attached hydrogens (tertiary/aromatic N) is 4. The van der Waals surface area contributed by atoms with Gasteiger partial charge in [-0.3, -0.25) is 4.57 Å². The second-order valence-electron chi connectivity index (χ2n) is 8.83. The molecule has 0 unspecified atom stereocenters. The van der Waals surface area contributed by atoms with Gasteiger partial charge in [0.2, 0.25) is 0 Å². The van der Waals surface area contributed by atoms with E-state index < -0.39 is 14.4 Å². The summed E-state index contributed by atoms with van der Waals surface area (Å²) in [5, 5.41) is 10.5. The Labute approximate surface area is 161 Å². The number of fused-ring (bicyclic) bond motifs is 1. The number of nitrogens with two attached hydrogens (primary N) is 1. The lowest BCUT2D eigenvalue weighted by molar-refractivity contribution is -0.0719. The molecular formula is C18H31N5O3Si. The molecule has 2 aromatic heterocycles. The fraction of sp³-hybridized carbons (Fsp3) is 0.722. The molecule has 0 saturated carbocycles. The number of hydrogen-bond donors (Lipinski definition) is 2. The van der Waals surface area contributed by atoms with E-state index in [1.54, 1.807) is 6.33 Å². The number of aromatic nitrogens is 4. The van der Waals surface area contributed by atoms with Gasteiger partial charge in [0.05, 0.1) is 25.1 Å². The van der Waals surface area contributed by atoms with Gasteiger partial charge < -0.3 is 20.0 Å². The van der Waals surface area contributed by atoms with Crippen LogP contribution in [0.2, 0.25) is 18.1 Å². The maximum absolute atomic E-state index is 10.4. The van der Waals surface area contributed by atoms with Crippen LogP contribution in [-0.4, -0.2) is 51.8 Å². The van der Waals surface area contributed by atoms with Gasteiger partial charge in [-0.1, -0.05) is 20.8 Å². The van der Waals surface area contributed by atoms with E-state index in [1.807, 2.05) is 4.57 Å². The molecule has 150 valence electrons. The number of imidazole rings is 1. The van der Waals surface area contributed by atoms with Gasteiger partial charge in [-0.05, 0) is 31.0 Å². The van der Waals surface area contributed by atoms with Crippen LogP contribution in [0.5, 0.6) is 0 Å². The van der Waals surface area contributed by atoms with Crippen molar-refractivity contribution in [2.24, 2.45) is 0 Å². The van der Waals surface area contributed by atoms with E-state index >= 15 is 0 Å². The fourth-order valence-corrected chi connectivity index (χ4v) is 4.01. The Bertz CT molecular complexity index is 789. The number of anilines is 1. The monoisotopic (exact) mass is 393 g/mol. The van der Waals surface area contributed by atoms with Gasteiger partial charge in [-0.2, -0.15) is 0 Å². The number of ether oxygens (including phenoxy) is 1. The highest BCUT2D eigenvalue weighted by molar-refractivity contribution is 6.74. The maximum Gasteiger partial charge on any atom is 0.192 e. The van der Waals surface area contributed by atoms with Crippen molar-refractivity contribution >= 4 is 25.3 Å². The minimum absolute atomic E-state index is 0.0853. The fourth-order valence-electron chi connectivity index (χ4n) is 2.97. The highest BCUT2D eigenvalue weighted by Crippen LogP contribution is 2.37. The van der Waals surface area contributed by atoms with Gasteiger partial charge in [-0.25, -0.2) is 15.0 Å². The third kappa shape index (κ3) is 4.31. The molecule has 8 nitrogen and oxygen atoms in total. The van der Waals surface area contributed by atoms with Gasteiger partial charge in [0, 0.05) is 6.42 Å². The van der Waals surface area contributed by atoms with Crippen molar-refractivity contribution in [2.75, 3.05) is 12.3 Å². The van der Waals surface area contributed by atoms with Crippen molar-refractivity contribution in [2.45, 2.75) is 76.6 Å². The summed E-state index contributed by atoms with van der Waals surface area (Å²) in [6, 6.07) is 0. The summed E-state index contributed by atoms with van der Waals surface area (Å²) in [5.41, 5.74) is 7.05. The Balaban J connectivity index is 1.78. The van der Waals surface area contributed by atoms with Crippen molar-refractivity contribution in [3.05, 3.63) is 12.7 Å². The third-order valence-corrected chi connectivity index (χ3v) is 10.3. The number of rotatable bonds is 4. The first-order valence-corrected chi connectivity index (χ1v) is 12.4. The first-order valence-electron chi connectivity index (χ1n) is 9.49. The number of aliphatic hydroxyl groups is 1. The molecule has 1 aliphatic rings. The molecular weight excluding hydrogens is 362 g/mol. The third-order valence-electron chi connectivity index (χ3n) is 5.78. The summed E-state index contributed by atoms with van der Waals surface area (Å²) >= 11 is 0. The predicted molar refractivity (Wildman–Crippen MR) is 107 cm³/mol. The molecule has 0 spiro atoms. The Morgan fingerprint density at radius 1 is 1.30 bits per heavy atom. The van der Waals surface area contributed by atoms with Gasteiger partial charge >= 0.3 is 0 Å². The predicted octanol–water partition coefficient (Wildman–Crippen LogP) is 2.86. The zero-order valence-corrected chi connectivity index (χ0v) is 17.8. The van der Waals surface area contributed by atoms with Crippen molar-refractivity contribution < 1.29 is 14.3 Å². The van der Waals surface area contributed by atoms with E-state index in [1.165, 1.54) is 6.33 Å². The van der Waals surface area contributed by atoms with Crippen LogP contribution in [0.25, 0.3) is 11.2 Å². The molecule has 3 N–H and O–H groups in total. The lowest BCUT2D eigenvalue weighted by atomic mass is 10.1. The molecule has 9 heteroatoms. The Morgan fingerprint density at radius 3 is 2.74 bits per heavy atom. The largest absolute Gasteiger partial charge is 0.414 e. The first kappa shape index (κ1) is 20.2. The molecule has 1 aliphatic heterocycles. The zero-order chi connectivity index (χ0) is 19.8. The van der Waals surface area contributed by atoms with E-state index in [4.69, 9.17) is 14.9 Å². The van der Waals surface area contributed by atoms with Crippen LogP contribution < -0.4 is 5.73 Å². The standard InChI is InChI=1S/C18H31N5O3Si/c1-18(2,3)27(4,5)25-9-13-7-6-12(24)8-14(26-13)23-11-22-15-16(19)20-10-21-17(15)23/h10-14,24H,6-9H2,1-5H3,(H2,19,20,21)/t12-,13+,14-/m1/s1. The first-order chi connectivity index (χ1) is 12.6. The normalized spacial score (nSPS) is 24.9. The molecule has 0 aliphatic carbocycles. The van der Waals surface area contributed by atoms with Crippen molar-refractivity contribution in [3.63, 3.8) is 0 Å². The summed E-state index contributed by atoms with van der Waals surface area (Å²) in [4.78, 5) is 12.6. The Morgan fingerprint density at radius 2 is 2.04 bits per heavy atom. The second kappa shape index (κ2) is 7.46. The van der Waals surface area contributed by atoms with Crippen molar-refractivity contribution in [1.82, 2.24) is 19.5 Å². The summed E-state index contributed by atoms with van der Waals surface area (Å²) in [5.74, 6) is 0.339. The minimum Gasteiger partial charge on any atom is -0.414 e. The average Bonchev–Trinajstić information content (AvgIpc) is 2.92. The maximum atomic E-state index is 10.4. The number of nitrogen functional groups attached to an aromatic ring is 1. The molecule has 2 aromatic rings. The van der Waals surface area contributed by atoms with E-state index in [0.29, 0.717) is 36.4 Å². The van der Waals surface area contributed by atoms with Crippen LogP contribution in [0.3, 0.4) is 0 Å². The van der Waals surface area contributed by atoms with Crippen LogP contribution in [0.15, 0.2) is 12.7 Å². The van der Waals surface area contributed by atoms with Crippen molar-refractivity contribution in [3.8, 4) is 0 Å². The van der Waals surface area contributed by atoms with Gasteiger partial charge in [-0.15, -0.1) is 0 Å². The lowest BCUT2D eigenvalue weighted by Gasteiger charge is -2.37. The SMILES string of the molecule is CC(C)(C)[Si](C)(C)OC[C@@H]1CC[C@@H](O)C[C@H](n2cnc3c(N)ncnc32)O1. The second-order valence-corrected chi connectivity index (χ2v) is 13.6. The zero-order valence-electron chi connectivity index (χ0n) is 16.8. The van der Waals surface area contributed by atoms with Crippen LogP contribution in [0.1, 0.15) is 46.3 Å². The van der Waals surface area contributed by atoms with E-state index in [9.17, 15) is 5.11 Å². The Kier molecular flexibility index (Phi) is 5.58. The highest BCUT2D eigenvalue weighted by Gasteiger charge is 2.38. The number of aliphatic hydroxyl groups excluding tert-OH is 1. The smallest absolute Gasteiger partial charge is 0.192 e.